The van der Waals surface area contributed by atoms with Crippen LogP contribution in [0.1, 0.15) is 81.4 Å². The van der Waals surface area contributed by atoms with Gasteiger partial charge in [0.15, 0.2) is 5.78 Å². The maximum Gasteiger partial charge on any atom is 0.335 e. The number of benzene rings is 2. The predicted octanol–water partition coefficient (Wildman–Crippen LogP) is 5.92. The Morgan fingerprint density at radius 1 is 1.04 bits per heavy atom. The molecular weight excluding hydrogens is 575 g/mol. The third-order valence-electron chi connectivity index (χ3n) is 9.35. The number of hydrogen-bond donors (Lipinski definition) is 1. The third-order valence-corrected chi connectivity index (χ3v) is 9.35. The summed E-state index contributed by atoms with van der Waals surface area (Å²) in [4.78, 5) is 36.1. The van der Waals surface area contributed by atoms with Gasteiger partial charge >= 0.3 is 5.97 Å². The van der Waals surface area contributed by atoms with Crippen molar-refractivity contribution < 1.29 is 28.6 Å². The number of aryl methyl sites for hydroxylation is 1. The van der Waals surface area contributed by atoms with Crippen LogP contribution >= 0.6 is 0 Å². The van der Waals surface area contributed by atoms with Crippen molar-refractivity contribution >= 4 is 22.8 Å². The molecule has 234 valence electrons. The molecule has 1 unspecified atom stereocenters. The second-order valence-electron chi connectivity index (χ2n) is 12.6. The van der Waals surface area contributed by atoms with Crippen molar-refractivity contribution in [2.24, 2.45) is 5.92 Å². The molecule has 0 bridgehead atoms. The molecule has 9 nitrogen and oxygen atoms in total. The van der Waals surface area contributed by atoms with Crippen LogP contribution in [0.3, 0.4) is 0 Å². The number of ketones is 1. The summed E-state index contributed by atoms with van der Waals surface area (Å²) >= 11 is 0. The fourth-order valence-corrected chi connectivity index (χ4v) is 6.42. The van der Waals surface area contributed by atoms with Crippen molar-refractivity contribution in [3.8, 4) is 5.88 Å². The van der Waals surface area contributed by atoms with E-state index in [1.54, 1.807) is 30.3 Å². The highest BCUT2D eigenvalue weighted by molar-refractivity contribution is 6.00. The van der Waals surface area contributed by atoms with Crippen LogP contribution in [0.5, 0.6) is 5.88 Å². The number of aromatic carboxylic acids is 1. The lowest BCUT2D eigenvalue weighted by Gasteiger charge is -2.32. The van der Waals surface area contributed by atoms with Crippen LogP contribution in [-0.4, -0.2) is 62.1 Å². The number of fused-ring (bicyclic) bond motifs is 1. The number of piperidine rings is 1. The molecule has 2 aromatic carbocycles. The molecule has 7 rings (SSSR count). The van der Waals surface area contributed by atoms with E-state index in [4.69, 9.17) is 19.4 Å². The number of pyridine rings is 1. The van der Waals surface area contributed by atoms with Crippen LogP contribution < -0.4 is 4.74 Å². The summed E-state index contributed by atoms with van der Waals surface area (Å²) in [6.45, 7) is 5.72. The average molecular weight is 613 g/mol. The van der Waals surface area contributed by atoms with E-state index in [9.17, 15) is 19.1 Å². The smallest absolute Gasteiger partial charge is 0.335 e. The summed E-state index contributed by atoms with van der Waals surface area (Å²) in [5.41, 5.74) is 4.50. The zero-order valence-electron chi connectivity index (χ0n) is 25.4. The number of carbonyl (C=O) groups excluding carboxylic acids is 1. The topological polar surface area (TPSA) is 107 Å². The number of carboxylic acids is 1. The number of aromatic nitrogens is 3. The van der Waals surface area contributed by atoms with Gasteiger partial charge in [-0.3, -0.25) is 9.69 Å². The van der Waals surface area contributed by atoms with E-state index >= 15 is 0 Å². The Bertz CT molecular complexity index is 1750. The normalized spacial score (nSPS) is 19.0. The number of likely N-dealkylation sites (tertiary alicyclic amines) is 1. The molecule has 4 aromatic rings. The second kappa shape index (κ2) is 12.3. The van der Waals surface area contributed by atoms with Crippen LogP contribution in [0.4, 0.5) is 4.39 Å². The molecule has 3 aliphatic rings. The molecule has 3 fully saturated rings. The van der Waals surface area contributed by atoms with Crippen molar-refractivity contribution in [1.29, 1.82) is 0 Å². The molecule has 1 aliphatic carbocycles. The van der Waals surface area contributed by atoms with Gasteiger partial charge in [-0.15, -0.1) is 0 Å². The van der Waals surface area contributed by atoms with Crippen molar-refractivity contribution in [2.75, 3.05) is 19.7 Å². The minimum absolute atomic E-state index is 0.0375. The predicted molar refractivity (Wildman–Crippen MR) is 165 cm³/mol. The lowest BCUT2D eigenvalue weighted by atomic mass is 9.93. The van der Waals surface area contributed by atoms with Gasteiger partial charge in [0.2, 0.25) is 5.88 Å². The summed E-state index contributed by atoms with van der Waals surface area (Å²) < 4.78 is 28.6. The van der Waals surface area contributed by atoms with Crippen LogP contribution in [0.2, 0.25) is 0 Å². The first kappa shape index (κ1) is 29.6. The molecule has 2 saturated heterocycles. The number of Topliss-reactive ketones (excluding diaryl/α,β-unsaturated/α-hetero) is 1. The van der Waals surface area contributed by atoms with E-state index in [2.05, 4.69) is 9.47 Å². The van der Waals surface area contributed by atoms with Gasteiger partial charge in [0.1, 0.15) is 18.2 Å². The number of ether oxygens (including phenoxy) is 2. The summed E-state index contributed by atoms with van der Waals surface area (Å²) in [7, 11) is 0. The molecule has 1 atom stereocenters. The Hall–Kier alpha value is -4.15. The number of carbonyl (C=O) groups is 2. The summed E-state index contributed by atoms with van der Waals surface area (Å²) in [5.74, 6) is 0.360. The molecule has 1 saturated carbocycles. The molecule has 2 aliphatic heterocycles. The van der Waals surface area contributed by atoms with Crippen molar-refractivity contribution in [2.45, 2.75) is 70.7 Å². The zero-order chi connectivity index (χ0) is 31.1. The van der Waals surface area contributed by atoms with Gasteiger partial charge in [-0.2, -0.15) is 0 Å². The van der Waals surface area contributed by atoms with Gasteiger partial charge in [-0.25, -0.2) is 19.2 Å². The first-order valence-electron chi connectivity index (χ1n) is 15.8. The number of halogens is 1. The molecular formula is C35H37FN4O5. The standard InChI is InChI=1S/C35H37FN4O5/c1-21-15-25(28(36)17-27(21)34(41)23-5-6-23)20-45-33-4-2-3-29(38-33)22-9-12-39(13-10-22)19-32-37-30-8-7-24(35(42)43)16-31(30)40(32)18-26-11-14-44-26/h2-4,7-8,15-17,22-23,26H,5-6,9-14,18-20H2,1H3,(H,42,43). The molecule has 0 spiro atoms. The highest BCUT2D eigenvalue weighted by Gasteiger charge is 2.32. The van der Waals surface area contributed by atoms with Gasteiger partial charge < -0.3 is 19.1 Å². The van der Waals surface area contributed by atoms with Crippen molar-refractivity contribution in [3.63, 3.8) is 0 Å². The largest absolute Gasteiger partial charge is 0.478 e. The first-order valence-corrected chi connectivity index (χ1v) is 15.8. The van der Waals surface area contributed by atoms with Gasteiger partial charge in [0.05, 0.1) is 35.8 Å². The Morgan fingerprint density at radius 2 is 1.84 bits per heavy atom. The maximum absolute atomic E-state index is 14.9. The van der Waals surface area contributed by atoms with Gasteiger partial charge in [0, 0.05) is 41.3 Å². The second-order valence-corrected chi connectivity index (χ2v) is 12.6. The van der Waals surface area contributed by atoms with E-state index in [0.29, 0.717) is 30.1 Å². The Kier molecular flexibility index (Phi) is 8.10. The summed E-state index contributed by atoms with van der Waals surface area (Å²) in [6, 6.07) is 13.9. The Labute approximate surface area is 261 Å². The maximum atomic E-state index is 14.9. The molecule has 0 radical (unpaired) electrons. The van der Waals surface area contributed by atoms with Crippen LogP contribution in [0, 0.1) is 18.7 Å². The number of hydrogen-bond acceptors (Lipinski definition) is 7. The minimum atomic E-state index is -0.950. The monoisotopic (exact) mass is 612 g/mol. The highest BCUT2D eigenvalue weighted by Crippen LogP contribution is 2.34. The van der Waals surface area contributed by atoms with E-state index in [0.717, 1.165) is 79.9 Å². The quantitative estimate of drug-likeness (QED) is 0.208. The van der Waals surface area contributed by atoms with Crippen LogP contribution in [0.25, 0.3) is 11.0 Å². The van der Waals surface area contributed by atoms with Crippen LogP contribution in [-0.2, 0) is 24.4 Å². The number of nitrogens with zero attached hydrogens (tertiary/aromatic N) is 4. The number of imidazole rings is 1. The number of carboxylic acid groups (broad SMARTS) is 1. The fraction of sp³-hybridized carbons (Fsp3) is 0.429. The highest BCUT2D eigenvalue weighted by atomic mass is 19.1. The van der Waals surface area contributed by atoms with E-state index in [1.165, 1.54) is 6.07 Å². The fourth-order valence-electron chi connectivity index (χ4n) is 6.42. The Morgan fingerprint density at radius 3 is 2.56 bits per heavy atom. The van der Waals surface area contributed by atoms with Crippen LogP contribution in [0.15, 0.2) is 48.5 Å². The van der Waals surface area contributed by atoms with Gasteiger partial charge in [-0.05, 0) is 94.1 Å². The van der Waals surface area contributed by atoms with E-state index in [1.807, 2.05) is 19.1 Å². The summed E-state index contributed by atoms with van der Waals surface area (Å²) in [5, 5.41) is 9.52. The number of rotatable bonds is 11. The molecule has 4 heterocycles. The van der Waals surface area contributed by atoms with Crippen molar-refractivity contribution in [1.82, 2.24) is 19.4 Å². The summed E-state index contributed by atoms with van der Waals surface area (Å²) in [6.07, 6.45) is 4.74. The molecule has 45 heavy (non-hydrogen) atoms. The first-order chi connectivity index (χ1) is 21.8. The third kappa shape index (κ3) is 6.35. The molecule has 2 aromatic heterocycles. The van der Waals surface area contributed by atoms with E-state index < -0.39 is 11.8 Å². The molecule has 10 heteroatoms. The van der Waals surface area contributed by atoms with Gasteiger partial charge in [0.25, 0.3) is 0 Å². The van der Waals surface area contributed by atoms with Gasteiger partial charge in [-0.1, -0.05) is 6.07 Å². The molecule has 0 amide bonds. The minimum Gasteiger partial charge on any atom is -0.478 e. The van der Waals surface area contributed by atoms with Crippen molar-refractivity contribution in [3.05, 3.63) is 88.1 Å². The lowest BCUT2D eigenvalue weighted by molar-refractivity contribution is -0.0592. The molecule has 1 N–H and O–H groups in total. The van der Waals surface area contributed by atoms with E-state index in [-0.39, 0.29) is 35.9 Å². The Balaban J connectivity index is 0.987. The average Bonchev–Trinajstić information content (AvgIpc) is 3.82. The SMILES string of the molecule is Cc1cc(COc2cccc(C3CCN(Cc4nc5ccc(C(=O)O)cc5n4CC4CCO4)CC3)n2)c(F)cc1C(=O)C1CC1. The zero-order valence-corrected chi connectivity index (χ0v) is 25.4. The lowest BCUT2D eigenvalue weighted by Crippen LogP contribution is -2.35.